The monoisotopic (exact) mass is 284 g/mol. The van der Waals surface area contributed by atoms with Crippen LogP contribution in [-0.4, -0.2) is 15.7 Å². The van der Waals surface area contributed by atoms with Crippen LogP contribution in [0.3, 0.4) is 0 Å². The fourth-order valence-electron chi connectivity index (χ4n) is 2.34. The quantitative estimate of drug-likeness (QED) is 0.935. The topological polar surface area (TPSA) is 83.9 Å². The van der Waals surface area contributed by atoms with Gasteiger partial charge < -0.3 is 9.73 Å². The first-order valence-corrected chi connectivity index (χ1v) is 6.93. The molecule has 0 saturated heterocycles. The number of nitrogens with zero attached hydrogens (tertiary/aromatic N) is 3. The minimum atomic E-state index is -0.109. The molecule has 1 N–H and O–H groups in total. The lowest BCUT2D eigenvalue weighted by Gasteiger charge is -2.04. The molecule has 2 aromatic heterocycles. The molecular formula is C15H16N4O2. The third-order valence-corrected chi connectivity index (χ3v) is 3.66. The van der Waals surface area contributed by atoms with Crippen LogP contribution in [0.5, 0.6) is 0 Å². The molecule has 0 aromatic carbocycles. The fourth-order valence-corrected chi connectivity index (χ4v) is 2.34. The van der Waals surface area contributed by atoms with Crippen LogP contribution in [0.1, 0.15) is 43.6 Å². The molecule has 0 radical (unpaired) electrons. The Labute approximate surface area is 122 Å². The summed E-state index contributed by atoms with van der Waals surface area (Å²) in [5.41, 5.74) is 0.382. The van der Waals surface area contributed by atoms with Gasteiger partial charge in [-0.1, -0.05) is 0 Å². The minimum Gasteiger partial charge on any atom is -0.469 e. The molecule has 2 heterocycles. The molecule has 6 nitrogen and oxygen atoms in total. The van der Waals surface area contributed by atoms with Crippen molar-refractivity contribution >= 4 is 11.7 Å². The molecule has 0 spiro atoms. The first-order chi connectivity index (χ1) is 10.1. The summed E-state index contributed by atoms with van der Waals surface area (Å²) < 4.78 is 6.99. The van der Waals surface area contributed by atoms with Gasteiger partial charge in [0.05, 0.1) is 6.26 Å². The van der Waals surface area contributed by atoms with E-state index in [1.54, 1.807) is 17.1 Å². The van der Waals surface area contributed by atoms with Crippen LogP contribution in [0.25, 0.3) is 0 Å². The normalized spacial score (nSPS) is 20.3. The van der Waals surface area contributed by atoms with Crippen molar-refractivity contribution < 1.29 is 9.21 Å². The van der Waals surface area contributed by atoms with Crippen LogP contribution in [-0.2, 0) is 4.79 Å². The van der Waals surface area contributed by atoms with Crippen LogP contribution >= 0.6 is 0 Å². The minimum absolute atomic E-state index is 0.105. The predicted molar refractivity (Wildman–Crippen MR) is 75.5 cm³/mol. The van der Waals surface area contributed by atoms with E-state index in [9.17, 15) is 4.79 Å². The highest BCUT2D eigenvalue weighted by atomic mass is 16.3. The molecule has 2 atom stereocenters. The number of nitrogens with one attached hydrogen (secondary N) is 1. The molecule has 0 unspecified atom stereocenters. The van der Waals surface area contributed by atoms with Gasteiger partial charge in [0.1, 0.15) is 17.4 Å². The highest BCUT2D eigenvalue weighted by Crippen LogP contribution is 2.48. The molecular weight excluding hydrogens is 268 g/mol. The Balaban J connectivity index is 1.70. The highest BCUT2D eigenvalue weighted by molar-refractivity contribution is 5.95. The fraction of sp³-hybridized carbons (Fsp3) is 0.400. The summed E-state index contributed by atoms with van der Waals surface area (Å²) in [7, 11) is 0. The zero-order valence-corrected chi connectivity index (χ0v) is 11.9. The van der Waals surface area contributed by atoms with E-state index in [1.165, 1.54) is 0 Å². The maximum absolute atomic E-state index is 12.2. The molecule has 6 heteroatoms. The van der Waals surface area contributed by atoms with E-state index in [1.807, 2.05) is 26.0 Å². The lowest BCUT2D eigenvalue weighted by Crippen LogP contribution is -2.16. The van der Waals surface area contributed by atoms with Crippen molar-refractivity contribution in [2.24, 2.45) is 5.92 Å². The van der Waals surface area contributed by atoms with Gasteiger partial charge in [0, 0.05) is 24.1 Å². The van der Waals surface area contributed by atoms with E-state index in [-0.39, 0.29) is 23.8 Å². The number of rotatable bonds is 4. The average molecular weight is 284 g/mol. The molecule has 0 aliphatic heterocycles. The van der Waals surface area contributed by atoms with E-state index in [0.29, 0.717) is 11.4 Å². The van der Waals surface area contributed by atoms with Crippen LogP contribution < -0.4 is 5.32 Å². The Morgan fingerprint density at radius 2 is 2.43 bits per heavy atom. The van der Waals surface area contributed by atoms with E-state index in [4.69, 9.17) is 9.68 Å². The van der Waals surface area contributed by atoms with Gasteiger partial charge in [-0.15, -0.1) is 0 Å². The number of furan rings is 1. The Bertz CT molecular complexity index is 694. The Morgan fingerprint density at radius 3 is 3.05 bits per heavy atom. The summed E-state index contributed by atoms with van der Waals surface area (Å²) >= 11 is 0. The molecule has 1 fully saturated rings. The van der Waals surface area contributed by atoms with Crippen molar-refractivity contribution in [3.05, 3.63) is 35.9 Å². The van der Waals surface area contributed by atoms with Crippen molar-refractivity contribution in [1.29, 1.82) is 5.26 Å². The molecule has 3 rings (SSSR count). The van der Waals surface area contributed by atoms with Crippen LogP contribution in [0.15, 0.2) is 29.0 Å². The first kappa shape index (κ1) is 13.4. The lowest BCUT2D eigenvalue weighted by atomic mass is 10.2. The molecule has 21 heavy (non-hydrogen) atoms. The summed E-state index contributed by atoms with van der Waals surface area (Å²) in [4.78, 5) is 12.2. The number of aromatic nitrogens is 2. The zero-order valence-electron chi connectivity index (χ0n) is 11.9. The van der Waals surface area contributed by atoms with Gasteiger partial charge in [0.15, 0.2) is 5.82 Å². The van der Waals surface area contributed by atoms with E-state index >= 15 is 0 Å². The van der Waals surface area contributed by atoms with Crippen molar-refractivity contribution in [2.45, 2.75) is 32.2 Å². The molecule has 0 bridgehead atoms. The van der Waals surface area contributed by atoms with Crippen molar-refractivity contribution in [1.82, 2.24) is 9.78 Å². The maximum atomic E-state index is 12.2. The SMILES string of the molecule is CC(C)n1cc(C#N)c(NC(=O)[C@@H]2C[C@H]2c2ccco2)n1. The molecule has 2 aromatic rings. The van der Waals surface area contributed by atoms with E-state index in [2.05, 4.69) is 16.5 Å². The van der Waals surface area contributed by atoms with Crippen LogP contribution in [0, 0.1) is 17.2 Å². The van der Waals surface area contributed by atoms with Crippen LogP contribution in [0.4, 0.5) is 5.82 Å². The van der Waals surface area contributed by atoms with Gasteiger partial charge in [-0.3, -0.25) is 9.48 Å². The number of hydrogen-bond acceptors (Lipinski definition) is 4. The third-order valence-electron chi connectivity index (χ3n) is 3.66. The summed E-state index contributed by atoms with van der Waals surface area (Å²) in [5, 5.41) is 16.1. The third kappa shape index (κ3) is 2.55. The summed E-state index contributed by atoms with van der Waals surface area (Å²) in [6.07, 6.45) is 4.03. The number of hydrogen-bond donors (Lipinski definition) is 1. The second-order valence-electron chi connectivity index (χ2n) is 5.53. The standard InChI is InChI=1S/C15H16N4O2/c1-9(2)19-8-10(7-16)14(18-19)17-15(20)12-6-11(12)13-4-3-5-21-13/h3-5,8-9,11-12H,6H2,1-2H3,(H,17,18,20)/t11-,12-/m1/s1. The molecule has 108 valence electrons. The van der Waals surface area contributed by atoms with Crippen molar-refractivity contribution in [3.63, 3.8) is 0 Å². The number of carbonyl (C=O) groups is 1. The summed E-state index contributed by atoms with van der Waals surface area (Å²) in [5.74, 6) is 1.09. The van der Waals surface area contributed by atoms with E-state index < -0.39 is 0 Å². The van der Waals surface area contributed by atoms with Gasteiger partial charge in [0.25, 0.3) is 0 Å². The molecule has 1 aliphatic carbocycles. The second-order valence-corrected chi connectivity index (χ2v) is 5.53. The van der Waals surface area contributed by atoms with Gasteiger partial charge in [-0.25, -0.2) is 0 Å². The lowest BCUT2D eigenvalue weighted by molar-refractivity contribution is -0.117. The van der Waals surface area contributed by atoms with Gasteiger partial charge >= 0.3 is 0 Å². The summed E-state index contributed by atoms with van der Waals surface area (Å²) in [6.45, 7) is 3.93. The van der Waals surface area contributed by atoms with Gasteiger partial charge in [0.2, 0.25) is 5.91 Å². The average Bonchev–Trinajstić information content (AvgIpc) is 2.89. The molecule has 1 aliphatic rings. The van der Waals surface area contributed by atoms with E-state index in [0.717, 1.165) is 12.2 Å². The number of anilines is 1. The Kier molecular flexibility index (Phi) is 3.26. The Morgan fingerprint density at radius 1 is 1.62 bits per heavy atom. The van der Waals surface area contributed by atoms with Crippen molar-refractivity contribution in [2.75, 3.05) is 5.32 Å². The highest BCUT2D eigenvalue weighted by Gasteiger charge is 2.46. The summed E-state index contributed by atoms with van der Waals surface area (Å²) in [6, 6.07) is 5.90. The largest absolute Gasteiger partial charge is 0.469 e. The molecule has 1 amide bonds. The van der Waals surface area contributed by atoms with Crippen LogP contribution in [0.2, 0.25) is 0 Å². The predicted octanol–water partition coefficient (Wildman–Crippen LogP) is 2.67. The number of nitriles is 1. The second kappa shape index (κ2) is 5.09. The van der Waals surface area contributed by atoms with Gasteiger partial charge in [-0.05, 0) is 32.4 Å². The number of amides is 1. The van der Waals surface area contributed by atoms with Gasteiger partial charge in [-0.2, -0.15) is 10.4 Å². The maximum Gasteiger partial charge on any atom is 0.229 e. The smallest absolute Gasteiger partial charge is 0.229 e. The zero-order chi connectivity index (χ0) is 15.0. The first-order valence-electron chi connectivity index (χ1n) is 6.93. The van der Waals surface area contributed by atoms with Crippen molar-refractivity contribution in [3.8, 4) is 6.07 Å². The molecule has 1 saturated carbocycles. The Hall–Kier alpha value is -2.55. The number of carbonyl (C=O) groups excluding carboxylic acids is 1.